The van der Waals surface area contributed by atoms with E-state index in [-0.39, 0.29) is 11.4 Å². The van der Waals surface area contributed by atoms with Crippen LogP contribution < -0.4 is 0 Å². The summed E-state index contributed by atoms with van der Waals surface area (Å²) in [6.45, 7) is 0. The van der Waals surface area contributed by atoms with Crippen LogP contribution in [0.3, 0.4) is 0 Å². The van der Waals surface area contributed by atoms with Crippen LogP contribution in [0, 0.1) is 0 Å². The lowest BCUT2D eigenvalue weighted by Crippen LogP contribution is -2.19. The van der Waals surface area contributed by atoms with E-state index in [0.717, 1.165) is 9.36 Å². The van der Waals surface area contributed by atoms with Gasteiger partial charge >= 0.3 is 0 Å². The van der Waals surface area contributed by atoms with Gasteiger partial charge in [0.1, 0.15) is 22.4 Å². The van der Waals surface area contributed by atoms with Gasteiger partial charge in [0, 0.05) is 0 Å². The molecular formula is C19H11N7O2. The van der Waals surface area contributed by atoms with Crippen LogP contribution in [-0.4, -0.2) is 46.8 Å². The van der Waals surface area contributed by atoms with E-state index in [1.807, 2.05) is 12.1 Å². The van der Waals surface area contributed by atoms with Crippen LogP contribution in [0.4, 0.5) is 0 Å². The van der Waals surface area contributed by atoms with Crippen LogP contribution in [-0.2, 0) is 0 Å². The largest absolute Gasteiger partial charge is 0.298 e. The molecule has 0 saturated carbocycles. The quantitative estimate of drug-likeness (QED) is 0.468. The lowest BCUT2D eigenvalue weighted by molar-refractivity contribution is 0.0938. The van der Waals surface area contributed by atoms with Crippen molar-refractivity contribution in [2.24, 2.45) is 0 Å². The second kappa shape index (κ2) is 6.16. The van der Waals surface area contributed by atoms with Gasteiger partial charge in [-0.05, 0) is 36.4 Å². The van der Waals surface area contributed by atoms with Gasteiger partial charge in [0.25, 0.3) is 11.8 Å². The Hall–Kier alpha value is -4.27. The number of hydrogen-bond acceptors (Lipinski definition) is 7. The number of carbonyl (C=O) groups excluding carboxylic acids is 2. The Kier molecular flexibility index (Phi) is 3.51. The summed E-state index contributed by atoms with van der Waals surface area (Å²) >= 11 is 0. The van der Waals surface area contributed by atoms with Crippen LogP contribution in [0.2, 0.25) is 0 Å². The maximum atomic E-state index is 12.8. The fourth-order valence-electron chi connectivity index (χ4n) is 2.93. The average molecular weight is 369 g/mol. The third-order valence-corrected chi connectivity index (χ3v) is 4.28. The average Bonchev–Trinajstić information content (AvgIpc) is 3.37. The number of fused-ring (bicyclic) bond motifs is 2. The van der Waals surface area contributed by atoms with Gasteiger partial charge in [0.05, 0.1) is 11.0 Å². The van der Waals surface area contributed by atoms with Crippen LogP contribution in [0.5, 0.6) is 0 Å². The minimum atomic E-state index is -0.480. The number of hydrogen-bond donors (Lipinski definition) is 0. The molecule has 134 valence electrons. The van der Waals surface area contributed by atoms with Crippen LogP contribution in [0.15, 0.2) is 66.7 Å². The summed E-state index contributed by atoms with van der Waals surface area (Å²) in [5, 5.41) is 15.7. The van der Waals surface area contributed by atoms with Crippen molar-refractivity contribution in [3.05, 3.63) is 78.1 Å². The Bertz CT molecular complexity index is 1270. The number of aromatic nitrogens is 7. The zero-order valence-corrected chi connectivity index (χ0v) is 14.3. The summed E-state index contributed by atoms with van der Waals surface area (Å²) in [7, 11) is 0. The molecule has 5 rings (SSSR count). The fourth-order valence-corrected chi connectivity index (χ4v) is 2.93. The highest BCUT2D eigenvalue weighted by Crippen LogP contribution is 2.14. The van der Waals surface area contributed by atoms with Crippen molar-refractivity contribution < 1.29 is 9.59 Å². The molecule has 5 aromatic rings. The predicted octanol–water partition coefficient (Wildman–Crippen LogP) is 1.95. The number of benzene rings is 2. The lowest BCUT2D eigenvalue weighted by Gasteiger charge is -2.04. The van der Waals surface area contributed by atoms with E-state index in [9.17, 15) is 9.59 Å². The van der Waals surface area contributed by atoms with Gasteiger partial charge in [0.2, 0.25) is 0 Å². The van der Waals surface area contributed by atoms with Crippen molar-refractivity contribution in [2.45, 2.75) is 0 Å². The van der Waals surface area contributed by atoms with E-state index in [1.54, 1.807) is 42.5 Å². The van der Waals surface area contributed by atoms with Gasteiger partial charge in [-0.25, -0.2) is 4.98 Å². The minimum absolute atomic E-state index is 0.0749. The summed E-state index contributed by atoms with van der Waals surface area (Å²) in [5.74, 6) is -0.960. The smallest absolute Gasteiger partial charge is 0.265 e. The van der Waals surface area contributed by atoms with Crippen molar-refractivity contribution in [3.8, 4) is 0 Å². The predicted molar refractivity (Wildman–Crippen MR) is 98.8 cm³/mol. The SMILES string of the molecule is O=C(c1cccc(C(=O)n2nnc3ccccc32)n1)n1nnc2ccccc21. The summed E-state index contributed by atoms with van der Waals surface area (Å²) in [5.41, 5.74) is 2.47. The van der Waals surface area contributed by atoms with E-state index in [0.29, 0.717) is 22.1 Å². The summed E-state index contributed by atoms with van der Waals surface area (Å²) in [4.78, 5) is 29.9. The molecule has 0 amide bonds. The highest BCUT2D eigenvalue weighted by atomic mass is 16.2. The first-order valence-corrected chi connectivity index (χ1v) is 8.40. The summed E-state index contributed by atoms with van der Waals surface area (Å²) < 4.78 is 2.33. The molecular weight excluding hydrogens is 358 g/mol. The molecule has 0 N–H and O–H groups in total. The van der Waals surface area contributed by atoms with E-state index in [4.69, 9.17) is 0 Å². The first kappa shape index (κ1) is 15.9. The van der Waals surface area contributed by atoms with E-state index in [1.165, 1.54) is 12.1 Å². The van der Waals surface area contributed by atoms with Crippen LogP contribution in [0.1, 0.15) is 21.0 Å². The number of para-hydroxylation sites is 2. The summed E-state index contributed by atoms with van der Waals surface area (Å²) in [6, 6.07) is 18.8. The third-order valence-electron chi connectivity index (χ3n) is 4.28. The maximum absolute atomic E-state index is 12.8. The molecule has 0 bridgehead atoms. The normalized spacial score (nSPS) is 11.1. The minimum Gasteiger partial charge on any atom is -0.265 e. The van der Waals surface area contributed by atoms with Crippen molar-refractivity contribution >= 4 is 33.9 Å². The Balaban J connectivity index is 1.54. The van der Waals surface area contributed by atoms with Crippen molar-refractivity contribution in [2.75, 3.05) is 0 Å². The van der Waals surface area contributed by atoms with Crippen LogP contribution >= 0.6 is 0 Å². The summed E-state index contributed by atoms with van der Waals surface area (Å²) in [6.07, 6.45) is 0. The van der Waals surface area contributed by atoms with Gasteiger partial charge < -0.3 is 0 Å². The second-order valence-electron chi connectivity index (χ2n) is 6.00. The van der Waals surface area contributed by atoms with Gasteiger partial charge in [-0.2, -0.15) is 9.36 Å². The van der Waals surface area contributed by atoms with Crippen LogP contribution in [0.25, 0.3) is 22.1 Å². The highest BCUT2D eigenvalue weighted by Gasteiger charge is 2.19. The van der Waals surface area contributed by atoms with Gasteiger partial charge in [-0.3, -0.25) is 9.59 Å². The highest BCUT2D eigenvalue weighted by molar-refractivity contribution is 6.02. The molecule has 0 spiro atoms. The standard InChI is InChI=1S/C19H11N7O2/c27-18(25-16-10-3-1-6-12(16)21-23-25)14-8-5-9-15(20-14)19(28)26-17-11-4-2-7-13(17)22-24-26/h1-11H. The van der Waals surface area contributed by atoms with Gasteiger partial charge in [-0.15, -0.1) is 10.2 Å². The first-order valence-electron chi connectivity index (χ1n) is 8.40. The van der Waals surface area contributed by atoms with E-state index < -0.39 is 11.8 Å². The lowest BCUT2D eigenvalue weighted by atomic mass is 10.2. The molecule has 0 saturated heterocycles. The molecule has 0 radical (unpaired) electrons. The Morgan fingerprint density at radius 1 is 0.607 bits per heavy atom. The maximum Gasteiger partial charge on any atom is 0.298 e. The molecule has 9 heteroatoms. The zero-order valence-electron chi connectivity index (χ0n) is 14.3. The fraction of sp³-hybridized carbons (Fsp3) is 0. The number of pyridine rings is 1. The molecule has 28 heavy (non-hydrogen) atoms. The Morgan fingerprint density at radius 3 is 1.57 bits per heavy atom. The van der Waals surface area contributed by atoms with E-state index in [2.05, 4.69) is 25.6 Å². The van der Waals surface area contributed by atoms with Gasteiger partial charge in [0.15, 0.2) is 0 Å². The molecule has 0 atom stereocenters. The molecule has 9 nitrogen and oxygen atoms in total. The monoisotopic (exact) mass is 369 g/mol. The number of nitrogens with zero attached hydrogens (tertiary/aromatic N) is 7. The van der Waals surface area contributed by atoms with E-state index >= 15 is 0 Å². The molecule has 0 unspecified atom stereocenters. The van der Waals surface area contributed by atoms with Crippen molar-refractivity contribution in [1.82, 2.24) is 35.0 Å². The second-order valence-corrected chi connectivity index (χ2v) is 6.00. The number of carbonyl (C=O) groups is 2. The Labute approximate surface area is 157 Å². The number of rotatable bonds is 2. The molecule has 3 heterocycles. The van der Waals surface area contributed by atoms with Crippen molar-refractivity contribution in [3.63, 3.8) is 0 Å². The first-order chi connectivity index (χ1) is 13.7. The van der Waals surface area contributed by atoms with Crippen molar-refractivity contribution in [1.29, 1.82) is 0 Å². The Morgan fingerprint density at radius 2 is 1.07 bits per heavy atom. The van der Waals surface area contributed by atoms with Gasteiger partial charge in [-0.1, -0.05) is 40.8 Å². The molecule has 2 aromatic carbocycles. The topological polar surface area (TPSA) is 108 Å². The molecule has 0 fully saturated rings. The molecule has 0 aliphatic carbocycles. The third kappa shape index (κ3) is 2.45. The molecule has 3 aromatic heterocycles. The molecule has 0 aliphatic rings. The molecule has 0 aliphatic heterocycles. The zero-order chi connectivity index (χ0) is 19.1.